The summed E-state index contributed by atoms with van der Waals surface area (Å²) < 4.78 is 5.34. The number of ether oxygens (including phenoxy) is 1. The Hall–Kier alpha value is -1.64. The summed E-state index contributed by atoms with van der Waals surface area (Å²) in [7, 11) is 0. The van der Waals surface area contributed by atoms with Crippen molar-refractivity contribution in [3.05, 3.63) is 36.0 Å². The Morgan fingerprint density at radius 1 is 1.56 bits per heavy atom. The van der Waals surface area contributed by atoms with Crippen LogP contribution in [-0.4, -0.2) is 17.9 Å². The maximum Gasteiger partial charge on any atom is 0.334 e. The van der Waals surface area contributed by atoms with E-state index in [1.54, 1.807) is 6.08 Å². The summed E-state index contributed by atoms with van der Waals surface area (Å²) in [5.74, 6) is 0.175. The van der Waals surface area contributed by atoms with Crippen LogP contribution in [0.25, 0.3) is 0 Å². The van der Waals surface area contributed by atoms with Crippen LogP contribution in [0.15, 0.2) is 36.0 Å². The standard InChI is InChI=1S/C15H18O3/c1-9-8-14-13(11(3)15(17)18-14)7-6-12(9)5-4-10(2)16/h4-6,9,13-14H,3,7-8H2,1-2H3/b5-4+/t9?,13-,14-/m1/s1. The Labute approximate surface area is 107 Å². The Morgan fingerprint density at radius 2 is 2.28 bits per heavy atom. The first kappa shape index (κ1) is 12.8. The lowest BCUT2D eigenvalue weighted by atomic mass is 9.91. The van der Waals surface area contributed by atoms with E-state index in [0.717, 1.165) is 18.4 Å². The van der Waals surface area contributed by atoms with Crippen LogP contribution in [0.3, 0.4) is 0 Å². The number of carbonyl (C=O) groups is 2. The lowest BCUT2D eigenvalue weighted by molar-refractivity contribution is -0.139. The highest BCUT2D eigenvalue weighted by atomic mass is 16.6. The zero-order chi connectivity index (χ0) is 13.3. The van der Waals surface area contributed by atoms with Gasteiger partial charge in [-0.25, -0.2) is 4.79 Å². The first-order valence-corrected chi connectivity index (χ1v) is 6.27. The SMILES string of the molecule is C=C1C(=O)O[C@@H]2CC(C)C(/C=C/C(C)=O)=CC[C@H]12. The van der Waals surface area contributed by atoms with Crippen molar-refractivity contribution in [2.45, 2.75) is 32.8 Å². The highest BCUT2D eigenvalue weighted by Crippen LogP contribution is 2.38. The molecule has 3 nitrogen and oxygen atoms in total. The molecule has 0 aromatic heterocycles. The second-order valence-corrected chi connectivity index (χ2v) is 5.10. The first-order valence-electron chi connectivity index (χ1n) is 6.27. The summed E-state index contributed by atoms with van der Waals surface area (Å²) in [6, 6.07) is 0. The molecule has 0 radical (unpaired) electrons. The van der Waals surface area contributed by atoms with E-state index in [1.807, 2.05) is 6.08 Å². The zero-order valence-corrected chi connectivity index (χ0v) is 10.8. The molecule has 0 aromatic carbocycles. The van der Waals surface area contributed by atoms with Gasteiger partial charge >= 0.3 is 5.97 Å². The van der Waals surface area contributed by atoms with Crippen LogP contribution in [0, 0.1) is 11.8 Å². The van der Waals surface area contributed by atoms with Gasteiger partial charge in [-0.2, -0.15) is 0 Å². The van der Waals surface area contributed by atoms with E-state index in [4.69, 9.17) is 4.74 Å². The van der Waals surface area contributed by atoms with Crippen LogP contribution in [0.5, 0.6) is 0 Å². The van der Waals surface area contributed by atoms with Crippen LogP contribution in [-0.2, 0) is 14.3 Å². The third-order valence-corrected chi connectivity index (χ3v) is 3.69. The molecule has 1 heterocycles. The van der Waals surface area contributed by atoms with Crippen LogP contribution in [0.1, 0.15) is 26.7 Å². The van der Waals surface area contributed by atoms with Crippen molar-refractivity contribution in [1.82, 2.24) is 0 Å². The molecule has 1 fully saturated rings. The maximum absolute atomic E-state index is 11.5. The van der Waals surface area contributed by atoms with Gasteiger partial charge in [0.05, 0.1) is 0 Å². The molecule has 0 amide bonds. The topological polar surface area (TPSA) is 43.4 Å². The molecular weight excluding hydrogens is 228 g/mol. The fraction of sp³-hybridized carbons (Fsp3) is 0.467. The fourth-order valence-electron chi connectivity index (χ4n) is 2.57. The molecule has 3 atom stereocenters. The number of carbonyl (C=O) groups excluding carboxylic acids is 2. The van der Waals surface area contributed by atoms with E-state index in [-0.39, 0.29) is 29.7 Å². The number of hydrogen-bond donors (Lipinski definition) is 0. The minimum atomic E-state index is -0.256. The van der Waals surface area contributed by atoms with Gasteiger partial charge < -0.3 is 4.74 Å². The van der Waals surface area contributed by atoms with Gasteiger partial charge in [0.1, 0.15) is 6.10 Å². The summed E-state index contributed by atoms with van der Waals surface area (Å²) in [5.41, 5.74) is 1.73. The predicted octanol–water partition coefficient (Wildman–Crippen LogP) is 2.59. The molecule has 2 aliphatic rings. The largest absolute Gasteiger partial charge is 0.458 e. The first-order chi connectivity index (χ1) is 8.49. The third-order valence-electron chi connectivity index (χ3n) is 3.69. The minimum Gasteiger partial charge on any atom is -0.458 e. The monoisotopic (exact) mass is 246 g/mol. The Bertz CT molecular complexity index is 456. The van der Waals surface area contributed by atoms with E-state index in [1.165, 1.54) is 6.92 Å². The Kier molecular flexibility index (Phi) is 3.50. The summed E-state index contributed by atoms with van der Waals surface area (Å²) >= 11 is 0. The molecule has 96 valence electrons. The molecule has 2 rings (SSSR count). The average molecular weight is 246 g/mol. The second-order valence-electron chi connectivity index (χ2n) is 5.10. The van der Waals surface area contributed by atoms with Gasteiger partial charge in [0.15, 0.2) is 5.78 Å². The lowest BCUT2D eigenvalue weighted by Crippen LogP contribution is -2.17. The second kappa shape index (κ2) is 4.92. The maximum atomic E-state index is 11.5. The van der Waals surface area contributed by atoms with Crippen molar-refractivity contribution >= 4 is 11.8 Å². The quantitative estimate of drug-likeness (QED) is 0.555. The van der Waals surface area contributed by atoms with Crippen molar-refractivity contribution < 1.29 is 14.3 Å². The fourth-order valence-corrected chi connectivity index (χ4v) is 2.57. The molecule has 0 aromatic rings. The molecule has 1 unspecified atom stereocenters. The van der Waals surface area contributed by atoms with Gasteiger partial charge in [0, 0.05) is 11.5 Å². The molecule has 0 bridgehead atoms. The number of rotatable bonds is 2. The van der Waals surface area contributed by atoms with Gasteiger partial charge in [0.2, 0.25) is 0 Å². The van der Waals surface area contributed by atoms with Gasteiger partial charge in [0.25, 0.3) is 0 Å². The normalized spacial score (nSPS) is 31.9. The number of allylic oxidation sites excluding steroid dienone is 4. The summed E-state index contributed by atoms with van der Waals surface area (Å²) in [6.07, 6.45) is 7.06. The predicted molar refractivity (Wildman–Crippen MR) is 68.8 cm³/mol. The molecular formula is C15H18O3. The van der Waals surface area contributed by atoms with Crippen LogP contribution >= 0.6 is 0 Å². The average Bonchev–Trinajstić information content (AvgIpc) is 2.46. The minimum absolute atomic E-state index is 0.0448. The smallest absolute Gasteiger partial charge is 0.334 e. The van der Waals surface area contributed by atoms with Gasteiger partial charge in [-0.1, -0.05) is 25.7 Å². The van der Waals surface area contributed by atoms with Crippen LogP contribution < -0.4 is 0 Å². The summed E-state index contributed by atoms with van der Waals surface area (Å²) in [6.45, 7) is 7.44. The molecule has 3 heteroatoms. The molecule has 1 saturated heterocycles. The van der Waals surface area contributed by atoms with E-state index in [2.05, 4.69) is 19.6 Å². The zero-order valence-electron chi connectivity index (χ0n) is 10.8. The van der Waals surface area contributed by atoms with Crippen molar-refractivity contribution in [3.63, 3.8) is 0 Å². The molecule has 0 N–H and O–H groups in total. The van der Waals surface area contributed by atoms with E-state index < -0.39 is 0 Å². The van der Waals surface area contributed by atoms with Gasteiger partial charge in [-0.05, 0) is 37.3 Å². The van der Waals surface area contributed by atoms with Crippen molar-refractivity contribution in [2.75, 3.05) is 0 Å². The molecule has 0 spiro atoms. The highest BCUT2D eigenvalue weighted by molar-refractivity contribution is 5.91. The Balaban J connectivity index is 2.18. The number of esters is 1. The van der Waals surface area contributed by atoms with E-state index in [9.17, 15) is 9.59 Å². The molecule has 1 aliphatic heterocycles. The third kappa shape index (κ3) is 2.45. The summed E-state index contributed by atoms with van der Waals surface area (Å²) in [5, 5.41) is 0. The van der Waals surface area contributed by atoms with Crippen molar-refractivity contribution in [2.24, 2.45) is 11.8 Å². The van der Waals surface area contributed by atoms with Crippen LogP contribution in [0.4, 0.5) is 0 Å². The van der Waals surface area contributed by atoms with Gasteiger partial charge in [-0.3, -0.25) is 4.79 Å². The lowest BCUT2D eigenvalue weighted by Gasteiger charge is -2.16. The number of hydrogen-bond acceptors (Lipinski definition) is 3. The number of fused-ring (bicyclic) bond motifs is 1. The molecule has 18 heavy (non-hydrogen) atoms. The Morgan fingerprint density at radius 3 is 2.94 bits per heavy atom. The highest BCUT2D eigenvalue weighted by Gasteiger charge is 2.40. The molecule has 1 aliphatic carbocycles. The van der Waals surface area contributed by atoms with Gasteiger partial charge in [-0.15, -0.1) is 0 Å². The number of ketones is 1. The van der Waals surface area contributed by atoms with Crippen molar-refractivity contribution in [1.29, 1.82) is 0 Å². The van der Waals surface area contributed by atoms with Crippen molar-refractivity contribution in [3.8, 4) is 0 Å². The van der Waals surface area contributed by atoms with E-state index >= 15 is 0 Å². The summed E-state index contributed by atoms with van der Waals surface area (Å²) in [4.78, 5) is 22.4. The van der Waals surface area contributed by atoms with Crippen LogP contribution in [0.2, 0.25) is 0 Å². The van der Waals surface area contributed by atoms with E-state index in [0.29, 0.717) is 5.57 Å². The molecule has 0 saturated carbocycles.